The summed E-state index contributed by atoms with van der Waals surface area (Å²) in [5.41, 5.74) is 0.449. The number of amides is 1. The molecule has 2 aliphatic rings. The molecule has 2 aliphatic heterocycles. The number of carbonyl (C=O) groups excluding carboxylic acids is 1. The van der Waals surface area contributed by atoms with E-state index in [1.807, 2.05) is 13.8 Å². The second kappa shape index (κ2) is 9.80. The van der Waals surface area contributed by atoms with Crippen molar-refractivity contribution in [2.24, 2.45) is 0 Å². The van der Waals surface area contributed by atoms with E-state index in [2.05, 4.69) is 10.2 Å². The third-order valence-corrected chi connectivity index (χ3v) is 7.09. The Morgan fingerprint density at radius 1 is 1.07 bits per heavy atom. The number of ether oxygens (including phenoxy) is 2. The zero-order chi connectivity index (χ0) is 20.9. The number of nitrogens with one attached hydrogen (secondary N) is 1. The van der Waals surface area contributed by atoms with Crippen molar-refractivity contribution in [3.63, 3.8) is 0 Å². The number of rotatable bonds is 9. The van der Waals surface area contributed by atoms with Crippen LogP contribution in [0, 0.1) is 0 Å². The minimum atomic E-state index is -3.15. The molecule has 0 radical (unpaired) electrons. The molecule has 2 heterocycles. The highest BCUT2D eigenvalue weighted by atomic mass is 32.2. The standard InChI is InChI=1S/C21H32N2O5S/c1-3-11-27-19-8-7-16(13-20(19)28-12-4-2)21(24)22-17-14-29(25,26)15-18(17)23-9-5-6-10-23/h7-8,13,17-18H,3-6,9-12,14-15H2,1-2H3,(H,22,24). The number of nitrogens with zero attached hydrogens (tertiary/aromatic N) is 1. The summed E-state index contributed by atoms with van der Waals surface area (Å²) in [6.45, 7) is 6.94. The largest absolute Gasteiger partial charge is 0.490 e. The van der Waals surface area contributed by atoms with Crippen LogP contribution in [0.15, 0.2) is 18.2 Å². The zero-order valence-electron chi connectivity index (χ0n) is 17.4. The Bertz CT molecular complexity index is 805. The van der Waals surface area contributed by atoms with Gasteiger partial charge in [0.25, 0.3) is 5.91 Å². The van der Waals surface area contributed by atoms with Gasteiger partial charge >= 0.3 is 0 Å². The fourth-order valence-electron chi connectivity index (χ4n) is 3.96. The second-order valence-electron chi connectivity index (χ2n) is 7.83. The first kappa shape index (κ1) is 21.9. The van der Waals surface area contributed by atoms with Crippen LogP contribution in [0.4, 0.5) is 0 Å². The molecule has 2 unspecified atom stereocenters. The Labute approximate surface area is 173 Å². The minimum Gasteiger partial charge on any atom is -0.490 e. The molecule has 2 saturated heterocycles. The summed E-state index contributed by atoms with van der Waals surface area (Å²) in [6.07, 6.45) is 3.88. The van der Waals surface area contributed by atoms with Crippen LogP contribution in [0.5, 0.6) is 11.5 Å². The van der Waals surface area contributed by atoms with Crippen molar-refractivity contribution < 1.29 is 22.7 Å². The summed E-state index contributed by atoms with van der Waals surface area (Å²) in [5, 5.41) is 2.97. The van der Waals surface area contributed by atoms with Crippen molar-refractivity contribution in [2.75, 3.05) is 37.8 Å². The first-order valence-electron chi connectivity index (χ1n) is 10.6. The summed E-state index contributed by atoms with van der Waals surface area (Å²) in [5.74, 6) is 1.00. The van der Waals surface area contributed by atoms with E-state index in [0.717, 1.165) is 38.8 Å². The molecule has 162 valence electrons. The van der Waals surface area contributed by atoms with Crippen molar-refractivity contribution in [3.05, 3.63) is 23.8 Å². The molecule has 2 fully saturated rings. The van der Waals surface area contributed by atoms with Crippen LogP contribution in [-0.2, 0) is 9.84 Å². The third kappa shape index (κ3) is 5.63. The molecule has 1 amide bonds. The van der Waals surface area contributed by atoms with Gasteiger partial charge in [-0.1, -0.05) is 13.8 Å². The maximum absolute atomic E-state index is 12.9. The normalized spacial score (nSPS) is 23.8. The van der Waals surface area contributed by atoms with E-state index < -0.39 is 9.84 Å². The van der Waals surface area contributed by atoms with Crippen LogP contribution in [-0.4, -0.2) is 69.1 Å². The van der Waals surface area contributed by atoms with E-state index in [1.165, 1.54) is 0 Å². The van der Waals surface area contributed by atoms with E-state index in [1.54, 1.807) is 18.2 Å². The highest BCUT2D eigenvalue weighted by Crippen LogP contribution is 2.29. The highest BCUT2D eigenvalue weighted by Gasteiger charge is 2.42. The maximum Gasteiger partial charge on any atom is 0.251 e. The summed E-state index contributed by atoms with van der Waals surface area (Å²) >= 11 is 0. The van der Waals surface area contributed by atoms with Crippen molar-refractivity contribution in [2.45, 2.75) is 51.6 Å². The Morgan fingerprint density at radius 2 is 1.72 bits per heavy atom. The summed E-state index contributed by atoms with van der Waals surface area (Å²) in [7, 11) is -3.15. The van der Waals surface area contributed by atoms with E-state index in [0.29, 0.717) is 30.3 Å². The molecule has 0 aliphatic carbocycles. The average Bonchev–Trinajstić information content (AvgIpc) is 3.32. The number of carbonyl (C=O) groups is 1. The lowest BCUT2D eigenvalue weighted by molar-refractivity contribution is 0.0918. The number of hydrogen-bond acceptors (Lipinski definition) is 6. The number of likely N-dealkylation sites (tertiary alicyclic amines) is 1. The van der Waals surface area contributed by atoms with Gasteiger partial charge in [-0.15, -0.1) is 0 Å². The lowest BCUT2D eigenvalue weighted by Crippen LogP contribution is -2.50. The summed E-state index contributed by atoms with van der Waals surface area (Å²) in [6, 6.07) is 4.60. The minimum absolute atomic E-state index is 0.00318. The van der Waals surface area contributed by atoms with Gasteiger partial charge in [-0.05, 0) is 57.0 Å². The van der Waals surface area contributed by atoms with Gasteiger partial charge in [0.05, 0.1) is 30.8 Å². The summed E-state index contributed by atoms with van der Waals surface area (Å²) in [4.78, 5) is 15.1. The Hall–Kier alpha value is -1.80. The number of benzene rings is 1. The quantitative estimate of drug-likeness (QED) is 0.655. The molecule has 2 atom stereocenters. The molecule has 29 heavy (non-hydrogen) atoms. The molecule has 3 rings (SSSR count). The van der Waals surface area contributed by atoms with Gasteiger partial charge in [-0.2, -0.15) is 0 Å². The Kier molecular flexibility index (Phi) is 7.40. The predicted octanol–water partition coefficient (Wildman–Crippen LogP) is 2.26. The van der Waals surface area contributed by atoms with Crippen LogP contribution in [0.2, 0.25) is 0 Å². The molecule has 7 nitrogen and oxygen atoms in total. The van der Waals surface area contributed by atoms with Crippen molar-refractivity contribution in [3.8, 4) is 11.5 Å². The van der Waals surface area contributed by atoms with Crippen molar-refractivity contribution in [1.29, 1.82) is 0 Å². The Balaban J connectivity index is 1.74. The van der Waals surface area contributed by atoms with Gasteiger partial charge in [0.2, 0.25) is 0 Å². The van der Waals surface area contributed by atoms with Gasteiger partial charge in [0.1, 0.15) is 0 Å². The topological polar surface area (TPSA) is 84.9 Å². The van der Waals surface area contributed by atoms with Gasteiger partial charge < -0.3 is 14.8 Å². The van der Waals surface area contributed by atoms with Crippen LogP contribution in [0.25, 0.3) is 0 Å². The van der Waals surface area contributed by atoms with Crippen molar-refractivity contribution >= 4 is 15.7 Å². The first-order valence-corrected chi connectivity index (χ1v) is 12.4. The van der Waals surface area contributed by atoms with Gasteiger partial charge in [-0.3, -0.25) is 9.69 Å². The number of sulfone groups is 1. The van der Waals surface area contributed by atoms with Crippen LogP contribution < -0.4 is 14.8 Å². The van der Waals surface area contributed by atoms with E-state index in [9.17, 15) is 13.2 Å². The van der Waals surface area contributed by atoms with Gasteiger partial charge in [0, 0.05) is 11.6 Å². The zero-order valence-corrected chi connectivity index (χ0v) is 18.2. The fourth-order valence-corrected chi connectivity index (χ4v) is 5.91. The monoisotopic (exact) mass is 424 g/mol. The first-order chi connectivity index (χ1) is 13.9. The third-order valence-electron chi connectivity index (χ3n) is 5.38. The predicted molar refractivity (Wildman–Crippen MR) is 113 cm³/mol. The summed E-state index contributed by atoms with van der Waals surface area (Å²) < 4.78 is 35.9. The lowest BCUT2D eigenvalue weighted by Gasteiger charge is -2.28. The molecular weight excluding hydrogens is 392 g/mol. The SMILES string of the molecule is CCCOc1ccc(C(=O)NC2CS(=O)(=O)CC2N2CCCC2)cc1OCCC. The van der Waals surface area contributed by atoms with E-state index >= 15 is 0 Å². The molecule has 0 bridgehead atoms. The van der Waals surface area contributed by atoms with Crippen LogP contribution >= 0.6 is 0 Å². The van der Waals surface area contributed by atoms with Crippen LogP contribution in [0.1, 0.15) is 49.9 Å². The molecule has 1 aromatic rings. The molecule has 0 aromatic heterocycles. The van der Waals surface area contributed by atoms with E-state index in [-0.39, 0.29) is 29.5 Å². The van der Waals surface area contributed by atoms with Gasteiger partial charge in [-0.25, -0.2) is 8.42 Å². The average molecular weight is 425 g/mol. The van der Waals surface area contributed by atoms with Crippen LogP contribution in [0.3, 0.4) is 0 Å². The Morgan fingerprint density at radius 3 is 2.38 bits per heavy atom. The molecule has 8 heteroatoms. The second-order valence-corrected chi connectivity index (χ2v) is 9.98. The lowest BCUT2D eigenvalue weighted by atomic mass is 10.1. The maximum atomic E-state index is 12.9. The fraction of sp³-hybridized carbons (Fsp3) is 0.667. The molecule has 1 aromatic carbocycles. The smallest absolute Gasteiger partial charge is 0.251 e. The molecular formula is C21H32N2O5S. The van der Waals surface area contributed by atoms with E-state index in [4.69, 9.17) is 9.47 Å². The van der Waals surface area contributed by atoms with Gasteiger partial charge in [0.15, 0.2) is 21.3 Å². The van der Waals surface area contributed by atoms with Crippen molar-refractivity contribution in [1.82, 2.24) is 10.2 Å². The number of hydrogen-bond donors (Lipinski definition) is 1. The molecule has 0 saturated carbocycles. The molecule has 0 spiro atoms. The molecule has 1 N–H and O–H groups in total. The highest BCUT2D eigenvalue weighted by molar-refractivity contribution is 7.91.